The number of hydrogen-bond acceptors (Lipinski definition) is 6. The lowest BCUT2D eigenvalue weighted by Crippen LogP contribution is -2.05. The lowest BCUT2D eigenvalue weighted by atomic mass is 10.0. The zero-order chi connectivity index (χ0) is 19.8. The Morgan fingerprint density at radius 2 is 2.00 bits per heavy atom. The molecular formula is C22H22N2O3S. The maximum atomic E-state index is 11.8. The largest absolute Gasteiger partial charge is 0.487 e. The van der Waals surface area contributed by atoms with Crippen LogP contribution in [0.1, 0.15) is 27.9 Å². The Morgan fingerprint density at radius 1 is 1.18 bits per heavy atom. The fourth-order valence-corrected chi connectivity index (χ4v) is 3.54. The standard InChI is InChI=1S/C22H22N2O3S/c1-3-26-15-19(13-25)21(22-24-10-16(2)28-22)18-9-20(12-23-11-18)27-14-17-7-5-4-6-8-17/h4-13H,3,14-15H2,1-2H3/b21-19-. The van der Waals surface area contributed by atoms with Gasteiger partial charge in [-0.3, -0.25) is 9.78 Å². The molecule has 0 saturated carbocycles. The van der Waals surface area contributed by atoms with Crippen LogP contribution in [0.4, 0.5) is 0 Å². The molecule has 0 spiro atoms. The molecule has 0 N–H and O–H groups in total. The van der Waals surface area contributed by atoms with Crippen LogP contribution in [0.15, 0.2) is 60.6 Å². The summed E-state index contributed by atoms with van der Waals surface area (Å²) >= 11 is 1.53. The number of carbonyl (C=O) groups excluding carboxylic acids is 1. The molecule has 0 unspecified atom stereocenters. The van der Waals surface area contributed by atoms with Crippen molar-refractivity contribution in [1.29, 1.82) is 0 Å². The van der Waals surface area contributed by atoms with Gasteiger partial charge in [0.05, 0.1) is 12.8 Å². The second-order valence-corrected chi connectivity index (χ2v) is 7.35. The summed E-state index contributed by atoms with van der Waals surface area (Å²) in [5.74, 6) is 0.633. The molecule has 0 aliphatic heterocycles. The van der Waals surface area contributed by atoms with Crippen LogP contribution in [-0.4, -0.2) is 29.5 Å². The summed E-state index contributed by atoms with van der Waals surface area (Å²) in [7, 11) is 0. The predicted octanol–water partition coefficient (Wildman–Crippen LogP) is 4.46. The van der Waals surface area contributed by atoms with Crippen LogP contribution in [0.2, 0.25) is 0 Å². The maximum absolute atomic E-state index is 11.8. The van der Waals surface area contributed by atoms with Crippen molar-refractivity contribution in [3.8, 4) is 5.75 Å². The summed E-state index contributed by atoms with van der Waals surface area (Å²) in [5, 5.41) is 0.765. The minimum Gasteiger partial charge on any atom is -0.487 e. The quantitative estimate of drug-likeness (QED) is 0.396. The zero-order valence-electron chi connectivity index (χ0n) is 15.9. The molecule has 144 valence electrons. The number of carbonyl (C=O) groups is 1. The minimum absolute atomic E-state index is 0.225. The molecule has 6 heteroatoms. The van der Waals surface area contributed by atoms with E-state index in [1.54, 1.807) is 18.6 Å². The number of aldehydes is 1. The molecule has 0 saturated heterocycles. The van der Waals surface area contributed by atoms with Gasteiger partial charge in [-0.15, -0.1) is 11.3 Å². The van der Waals surface area contributed by atoms with Gasteiger partial charge in [0, 0.05) is 40.6 Å². The third-order valence-electron chi connectivity index (χ3n) is 4.01. The Bertz CT molecular complexity index is 951. The first-order valence-electron chi connectivity index (χ1n) is 9.02. The third-order valence-corrected chi connectivity index (χ3v) is 4.94. The predicted molar refractivity (Wildman–Crippen MR) is 110 cm³/mol. The van der Waals surface area contributed by atoms with Gasteiger partial charge in [0.1, 0.15) is 23.7 Å². The van der Waals surface area contributed by atoms with Gasteiger partial charge in [-0.25, -0.2) is 4.98 Å². The molecule has 3 aromatic rings. The lowest BCUT2D eigenvalue weighted by molar-refractivity contribution is -0.105. The van der Waals surface area contributed by atoms with Crippen LogP contribution in [-0.2, 0) is 16.1 Å². The van der Waals surface area contributed by atoms with Crippen LogP contribution >= 0.6 is 11.3 Å². The molecule has 0 aliphatic carbocycles. The van der Waals surface area contributed by atoms with Crippen molar-refractivity contribution in [1.82, 2.24) is 9.97 Å². The fourth-order valence-electron chi connectivity index (χ4n) is 2.67. The van der Waals surface area contributed by atoms with Crippen molar-refractivity contribution in [2.75, 3.05) is 13.2 Å². The van der Waals surface area contributed by atoms with Crippen LogP contribution in [0.25, 0.3) is 5.57 Å². The van der Waals surface area contributed by atoms with Crippen molar-refractivity contribution in [2.24, 2.45) is 0 Å². The van der Waals surface area contributed by atoms with E-state index in [0.29, 0.717) is 24.5 Å². The second kappa shape index (κ2) is 9.92. The first-order chi connectivity index (χ1) is 13.7. The Morgan fingerprint density at radius 3 is 2.68 bits per heavy atom. The summed E-state index contributed by atoms with van der Waals surface area (Å²) in [5.41, 5.74) is 3.13. The Kier molecular flexibility index (Phi) is 7.06. The van der Waals surface area contributed by atoms with E-state index in [1.165, 1.54) is 11.3 Å². The van der Waals surface area contributed by atoms with E-state index in [-0.39, 0.29) is 6.61 Å². The van der Waals surface area contributed by atoms with E-state index in [0.717, 1.165) is 32.9 Å². The summed E-state index contributed by atoms with van der Waals surface area (Å²) in [6.45, 7) is 5.08. The van der Waals surface area contributed by atoms with Gasteiger partial charge >= 0.3 is 0 Å². The molecule has 3 rings (SSSR count). The Balaban J connectivity index is 1.93. The number of aryl methyl sites for hydroxylation is 1. The number of pyridine rings is 1. The van der Waals surface area contributed by atoms with E-state index < -0.39 is 0 Å². The maximum Gasteiger partial charge on any atom is 0.149 e. The number of aromatic nitrogens is 2. The molecule has 0 amide bonds. The van der Waals surface area contributed by atoms with Gasteiger partial charge < -0.3 is 9.47 Å². The molecule has 0 radical (unpaired) electrons. The molecule has 28 heavy (non-hydrogen) atoms. The highest BCUT2D eigenvalue weighted by Gasteiger charge is 2.16. The van der Waals surface area contributed by atoms with Crippen molar-refractivity contribution < 1.29 is 14.3 Å². The molecular weight excluding hydrogens is 372 g/mol. The van der Waals surface area contributed by atoms with Crippen LogP contribution in [0.3, 0.4) is 0 Å². The Hall–Kier alpha value is -2.83. The van der Waals surface area contributed by atoms with Gasteiger partial charge in [0.15, 0.2) is 0 Å². The SMILES string of the molecule is CCOC/C(C=O)=C(/c1cncc(OCc2ccccc2)c1)c1ncc(C)s1. The van der Waals surface area contributed by atoms with Gasteiger partial charge in [-0.05, 0) is 25.5 Å². The third kappa shape index (κ3) is 5.12. The smallest absolute Gasteiger partial charge is 0.149 e. The molecule has 0 bridgehead atoms. The van der Waals surface area contributed by atoms with Crippen molar-refractivity contribution >= 4 is 23.2 Å². The normalized spacial score (nSPS) is 11.8. The molecule has 1 aromatic carbocycles. The van der Waals surface area contributed by atoms with Crippen molar-refractivity contribution in [3.05, 3.63) is 81.6 Å². The molecule has 2 aromatic heterocycles. The van der Waals surface area contributed by atoms with Gasteiger partial charge in [0.25, 0.3) is 0 Å². The molecule has 0 fully saturated rings. The van der Waals surface area contributed by atoms with Crippen molar-refractivity contribution in [3.63, 3.8) is 0 Å². The monoisotopic (exact) mass is 394 g/mol. The molecule has 0 atom stereocenters. The number of thiazole rings is 1. The van der Waals surface area contributed by atoms with Gasteiger partial charge in [-0.2, -0.15) is 0 Å². The first-order valence-corrected chi connectivity index (χ1v) is 9.84. The van der Waals surface area contributed by atoms with Crippen molar-refractivity contribution in [2.45, 2.75) is 20.5 Å². The summed E-state index contributed by atoms with van der Waals surface area (Å²) < 4.78 is 11.4. The van der Waals surface area contributed by atoms with E-state index in [2.05, 4.69) is 9.97 Å². The summed E-state index contributed by atoms with van der Waals surface area (Å²) in [6, 6.07) is 11.8. The fraction of sp³-hybridized carbons (Fsp3) is 0.227. The van der Waals surface area contributed by atoms with E-state index in [4.69, 9.17) is 9.47 Å². The van der Waals surface area contributed by atoms with Gasteiger partial charge in [0.2, 0.25) is 0 Å². The number of benzene rings is 1. The van der Waals surface area contributed by atoms with E-state index in [9.17, 15) is 4.79 Å². The number of nitrogens with zero attached hydrogens (tertiary/aromatic N) is 2. The van der Waals surface area contributed by atoms with Crippen LogP contribution in [0, 0.1) is 6.92 Å². The van der Waals surface area contributed by atoms with Crippen LogP contribution in [0.5, 0.6) is 5.75 Å². The highest BCUT2D eigenvalue weighted by Crippen LogP contribution is 2.31. The first kappa shape index (κ1) is 19.9. The van der Waals surface area contributed by atoms with Gasteiger partial charge in [-0.1, -0.05) is 30.3 Å². The average Bonchev–Trinajstić information content (AvgIpc) is 3.16. The van der Waals surface area contributed by atoms with E-state index >= 15 is 0 Å². The lowest BCUT2D eigenvalue weighted by Gasteiger charge is -2.12. The minimum atomic E-state index is 0.225. The molecule has 0 aliphatic rings. The topological polar surface area (TPSA) is 61.3 Å². The van der Waals surface area contributed by atoms with Crippen LogP contribution < -0.4 is 4.74 Å². The summed E-state index contributed by atoms with van der Waals surface area (Å²) in [6.07, 6.45) is 6.02. The highest BCUT2D eigenvalue weighted by atomic mass is 32.1. The molecule has 2 heterocycles. The Labute approximate surface area is 168 Å². The number of hydrogen-bond donors (Lipinski definition) is 0. The van der Waals surface area contributed by atoms with E-state index in [1.807, 2.05) is 50.2 Å². The number of ether oxygens (including phenoxy) is 2. The molecule has 5 nitrogen and oxygen atoms in total. The average molecular weight is 394 g/mol. The summed E-state index contributed by atoms with van der Waals surface area (Å²) in [4.78, 5) is 21.6. The zero-order valence-corrected chi connectivity index (χ0v) is 16.7. The second-order valence-electron chi connectivity index (χ2n) is 6.11. The highest BCUT2D eigenvalue weighted by molar-refractivity contribution is 7.12. The number of rotatable bonds is 9.